The van der Waals surface area contributed by atoms with Crippen LogP contribution in [0, 0.1) is 11.3 Å². The van der Waals surface area contributed by atoms with Gasteiger partial charge in [0, 0.05) is 29.2 Å². The number of piperidine rings is 1. The van der Waals surface area contributed by atoms with Crippen molar-refractivity contribution >= 4 is 34.8 Å². The highest BCUT2D eigenvalue weighted by atomic mass is 35.5. The number of amides is 1. The Balaban J connectivity index is 1.92. The van der Waals surface area contributed by atoms with Gasteiger partial charge in [0.05, 0.1) is 30.5 Å². The van der Waals surface area contributed by atoms with Gasteiger partial charge in [-0.15, -0.1) is 4.72 Å². The van der Waals surface area contributed by atoms with Gasteiger partial charge in [-0.25, -0.2) is 0 Å². The smallest absolute Gasteiger partial charge is 0.304 e. The molecule has 8 heteroatoms. The van der Waals surface area contributed by atoms with Gasteiger partial charge in [0.1, 0.15) is 5.25 Å². The first-order valence-electron chi connectivity index (χ1n) is 10.6. The van der Waals surface area contributed by atoms with Crippen molar-refractivity contribution in [2.24, 2.45) is 11.3 Å². The number of carbonyl (C=O) groups is 2. The normalized spacial score (nSPS) is 26.7. The first kappa shape index (κ1) is 23.4. The Morgan fingerprint density at radius 1 is 1.33 bits per heavy atom. The maximum absolute atomic E-state index is 13.7. The summed E-state index contributed by atoms with van der Waals surface area (Å²) in [4.78, 5) is 27.0. The number of carboxylic acids is 1. The highest BCUT2D eigenvalue weighted by Gasteiger charge is 2.48. The van der Waals surface area contributed by atoms with Gasteiger partial charge < -0.3 is 14.6 Å². The van der Waals surface area contributed by atoms with Crippen molar-refractivity contribution in [3.8, 4) is 0 Å². The quantitative estimate of drug-likeness (QED) is 0.551. The fourth-order valence-corrected chi connectivity index (χ4v) is 5.53. The molecule has 3 rings (SSSR count). The number of aliphatic carboxylic acids is 1. The van der Waals surface area contributed by atoms with Gasteiger partial charge in [-0.1, -0.05) is 44.5 Å². The van der Waals surface area contributed by atoms with Crippen LogP contribution in [-0.4, -0.2) is 44.3 Å². The van der Waals surface area contributed by atoms with Gasteiger partial charge in [0.2, 0.25) is 5.91 Å². The summed E-state index contributed by atoms with van der Waals surface area (Å²) in [7, 11) is 0. The van der Waals surface area contributed by atoms with Crippen molar-refractivity contribution in [2.45, 2.75) is 70.2 Å². The van der Waals surface area contributed by atoms with E-state index in [1.807, 2.05) is 43.0 Å². The van der Waals surface area contributed by atoms with Crippen LogP contribution in [0.15, 0.2) is 24.3 Å². The van der Waals surface area contributed by atoms with Crippen LogP contribution in [0.2, 0.25) is 5.02 Å². The van der Waals surface area contributed by atoms with E-state index >= 15 is 0 Å². The lowest BCUT2D eigenvalue weighted by atomic mass is 9.73. The summed E-state index contributed by atoms with van der Waals surface area (Å²) >= 11 is 4.96. The minimum atomic E-state index is -1.10. The molecule has 1 aliphatic carbocycles. The van der Waals surface area contributed by atoms with Crippen LogP contribution >= 0.6 is 11.6 Å². The zero-order valence-corrected chi connectivity index (χ0v) is 19.3. The Labute approximate surface area is 186 Å². The molecule has 0 bridgehead atoms. The number of halogens is 1. The Morgan fingerprint density at radius 3 is 2.50 bits per heavy atom. The van der Waals surface area contributed by atoms with Crippen LogP contribution in [-0.2, 0) is 21.0 Å². The average Bonchev–Trinajstić information content (AvgIpc) is 3.50. The second-order valence-corrected chi connectivity index (χ2v) is 11.1. The van der Waals surface area contributed by atoms with Crippen molar-refractivity contribution < 1.29 is 19.2 Å². The Morgan fingerprint density at radius 2 is 1.97 bits per heavy atom. The molecule has 0 radical (unpaired) electrons. The van der Waals surface area contributed by atoms with Crippen LogP contribution in [0.4, 0.5) is 0 Å². The summed E-state index contributed by atoms with van der Waals surface area (Å²) in [6, 6.07) is 7.13. The third kappa shape index (κ3) is 5.31. The molecule has 1 heterocycles. The van der Waals surface area contributed by atoms with Gasteiger partial charge in [0.25, 0.3) is 0 Å². The van der Waals surface area contributed by atoms with E-state index in [1.54, 1.807) is 6.92 Å². The van der Waals surface area contributed by atoms with Crippen molar-refractivity contribution in [2.75, 3.05) is 6.54 Å². The summed E-state index contributed by atoms with van der Waals surface area (Å²) in [6.07, 6.45) is 2.93. The molecule has 1 aromatic rings. The topological polar surface area (TPSA) is 92.7 Å². The van der Waals surface area contributed by atoms with E-state index in [-0.39, 0.29) is 35.6 Å². The van der Waals surface area contributed by atoms with Crippen LogP contribution in [0.3, 0.4) is 0 Å². The van der Waals surface area contributed by atoms with E-state index in [0.29, 0.717) is 24.4 Å². The Bertz CT molecular complexity index is 771. The van der Waals surface area contributed by atoms with Gasteiger partial charge in [0.15, 0.2) is 0 Å². The number of rotatable bonds is 9. The SMILES string of the molecule is CC(C)C(CN[S+]([O-])C1CC1)N1C(=O)C(C)(CC(=O)O)CCC1c1ccc(Cl)cc1. The summed E-state index contributed by atoms with van der Waals surface area (Å²) in [5.74, 6) is -1.00. The number of hydrogen-bond acceptors (Lipinski definition) is 4. The van der Waals surface area contributed by atoms with E-state index in [0.717, 1.165) is 18.4 Å². The van der Waals surface area contributed by atoms with E-state index in [4.69, 9.17) is 11.6 Å². The Kier molecular flexibility index (Phi) is 7.38. The molecule has 1 saturated heterocycles. The predicted octanol–water partition coefficient (Wildman–Crippen LogP) is 3.92. The summed E-state index contributed by atoms with van der Waals surface area (Å²) in [5.41, 5.74) is 0.0384. The van der Waals surface area contributed by atoms with E-state index in [2.05, 4.69) is 4.72 Å². The molecule has 30 heavy (non-hydrogen) atoms. The van der Waals surface area contributed by atoms with Crippen molar-refractivity contribution in [1.82, 2.24) is 9.62 Å². The standard InChI is InChI=1S/C22H31ClN2O4S/c1-14(2)19(13-24-30(29)17-8-9-17)25-18(15-4-6-16(23)7-5-15)10-11-22(3,21(25)28)12-20(26)27/h4-7,14,17-19,24H,8-13H2,1-3H3,(H,26,27). The maximum atomic E-state index is 13.7. The number of carboxylic acid groups (broad SMARTS) is 1. The van der Waals surface area contributed by atoms with Crippen LogP contribution in [0.1, 0.15) is 64.5 Å². The van der Waals surface area contributed by atoms with Crippen LogP contribution < -0.4 is 4.72 Å². The molecule has 4 unspecified atom stereocenters. The molecule has 0 aromatic heterocycles. The fraction of sp³-hybridized carbons (Fsp3) is 0.636. The molecular weight excluding hydrogens is 424 g/mol. The monoisotopic (exact) mass is 454 g/mol. The van der Waals surface area contributed by atoms with Gasteiger partial charge in [-0.05, 0) is 36.5 Å². The number of likely N-dealkylation sites (tertiary alicyclic amines) is 1. The highest BCUT2D eigenvalue weighted by molar-refractivity contribution is 7.90. The van der Waals surface area contributed by atoms with Gasteiger partial charge >= 0.3 is 5.97 Å². The zero-order valence-electron chi connectivity index (χ0n) is 17.8. The minimum Gasteiger partial charge on any atom is -0.598 e. The number of hydrogen-bond donors (Lipinski definition) is 2. The summed E-state index contributed by atoms with van der Waals surface area (Å²) in [5, 5.41) is 10.2. The van der Waals surface area contributed by atoms with E-state index < -0.39 is 22.7 Å². The molecule has 0 spiro atoms. The molecule has 4 atom stereocenters. The highest BCUT2D eigenvalue weighted by Crippen LogP contribution is 2.44. The maximum Gasteiger partial charge on any atom is 0.304 e. The zero-order chi connectivity index (χ0) is 22.1. The van der Waals surface area contributed by atoms with Crippen molar-refractivity contribution in [3.63, 3.8) is 0 Å². The second-order valence-electron chi connectivity index (χ2n) is 9.11. The molecule has 1 amide bonds. The number of nitrogens with zero attached hydrogens (tertiary/aromatic N) is 1. The van der Waals surface area contributed by atoms with E-state index in [9.17, 15) is 19.2 Å². The molecule has 1 saturated carbocycles. The Hall–Kier alpha value is -1.28. The molecule has 2 N–H and O–H groups in total. The molecule has 2 aliphatic rings. The minimum absolute atomic E-state index is 0.111. The lowest BCUT2D eigenvalue weighted by Gasteiger charge is -2.49. The van der Waals surface area contributed by atoms with Gasteiger partial charge in [-0.2, -0.15) is 0 Å². The third-order valence-corrected chi connectivity index (χ3v) is 8.02. The van der Waals surface area contributed by atoms with Gasteiger partial charge in [-0.3, -0.25) is 9.59 Å². The lowest BCUT2D eigenvalue weighted by molar-refractivity contribution is -0.160. The molecule has 1 aromatic carbocycles. The molecular formula is C22H31ClN2O4S. The lowest BCUT2D eigenvalue weighted by Crippen LogP contribution is -2.58. The molecule has 166 valence electrons. The summed E-state index contributed by atoms with van der Waals surface area (Å²) < 4.78 is 15.5. The van der Waals surface area contributed by atoms with Crippen molar-refractivity contribution in [3.05, 3.63) is 34.9 Å². The number of carbonyl (C=O) groups excluding carboxylic acids is 1. The third-order valence-electron chi connectivity index (χ3n) is 6.24. The van der Waals surface area contributed by atoms with Crippen LogP contribution in [0.5, 0.6) is 0 Å². The molecule has 1 aliphatic heterocycles. The van der Waals surface area contributed by atoms with E-state index in [1.165, 1.54) is 0 Å². The molecule has 2 fully saturated rings. The predicted molar refractivity (Wildman–Crippen MR) is 118 cm³/mol. The first-order chi connectivity index (χ1) is 14.1. The second kappa shape index (κ2) is 9.47. The summed E-state index contributed by atoms with van der Waals surface area (Å²) in [6.45, 7) is 6.25. The number of benzene rings is 1. The largest absolute Gasteiger partial charge is 0.598 e. The van der Waals surface area contributed by atoms with Crippen molar-refractivity contribution in [1.29, 1.82) is 0 Å². The first-order valence-corrected chi connectivity index (χ1v) is 12.2. The molecule has 6 nitrogen and oxygen atoms in total. The van der Waals surface area contributed by atoms with Crippen LogP contribution in [0.25, 0.3) is 0 Å². The fourth-order valence-electron chi connectivity index (χ4n) is 4.27. The number of nitrogens with one attached hydrogen (secondary N) is 1. The average molecular weight is 455 g/mol.